The summed E-state index contributed by atoms with van der Waals surface area (Å²) in [6.45, 7) is 2.59. The van der Waals surface area contributed by atoms with Crippen LogP contribution in [0.2, 0.25) is 0 Å². The summed E-state index contributed by atoms with van der Waals surface area (Å²) in [7, 11) is 0. The normalized spacial score (nSPS) is 17.1. The molecule has 1 aliphatic heterocycles. The average Bonchev–Trinajstić information content (AvgIpc) is 2.54. The molecule has 0 radical (unpaired) electrons. The lowest BCUT2D eigenvalue weighted by molar-refractivity contribution is 0.0855. The molecule has 0 amide bonds. The van der Waals surface area contributed by atoms with Crippen molar-refractivity contribution in [2.24, 2.45) is 5.92 Å². The summed E-state index contributed by atoms with van der Waals surface area (Å²) in [5.74, 6) is 1.03. The zero-order valence-electron chi connectivity index (χ0n) is 11.6. The van der Waals surface area contributed by atoms with E-state index in [1.165, 1.54) is 5.56 Å². The van der Waals surface area contributed by atoms with Gasteiger partial charge in [0.25, 0.3) is 0 Å². The molecule has 0 saturated carbocycles. The van der Waals surface area contributed by atoms with Crippen molar-refractivity contribution in [2.75, 3.05) is 6.61 Å². The molecule has 0 aromatic heterocycles. The highest BCUT2D eigenvalue weighted by molar-refractivity contribution is 5.98. The lowest BCUT2D eigenvalue weighted by atomic mass is 9.89. The van der Waals surface area contributed by atoms with Crippen LogP contribution in [0.15, 0.2) is 48.5 Å². The largest absolute Gasteiger partial charge is 0.493 e. The molecule has 1 aliphatic rings. The van der Waals surface area contributed by atoms with Crippen molar-refractivity contribution < 1.29 is 9.53 Å². The Balaban J connectivity index is 1.78. The molecule has 1 atom stereocenters. The third-order valence-corrected chi connectivity index (χ3v) is 3.90. The van der Waals surface area contributed by atoms with Crippen molar-refractivity contribution in [3.8, 4) is 5.75 Å². The first-order valence-electron chi connectivity index (χ1n) is 7.12. The number of para-hydroxylation sites is 1. The zero-order chi connectivity index (χ0) is 13.9. The summed E-state index contributed by atoms with van der Waals surface area (Å²) in [6.07, 6.45) is 1.76. The molecule has 0 saturated heterocycles. The summed E-state index contributed by atoms with van der Waals surface area (Å²) in [4.78, 5) is 12.5. The molecule has 0 aliphatic carbocycles. The minimum atomic E-state index is -0.0719. The van der Waals surface area contributed by atoms with Gasteiger partial charge in [0.05, 0.1) is 12.5 Å². The molecule has 1 unspecified atom stereocenters. The van der Waals surface area contributed by atoms with E-state index in [0.717, 1.165) is 29.7 Å². The first-order valence-corrected chi connectivity index (χ1v) is 7.12. The molecule has 1 heterocycles. The van der Waals surface area contributed by atoms with Gasteiger partial charge in [0.2, 0.25) is 0 Å². The smallest absolute Gasteiger partial charge is 0.169 e. The third-order valence-electron chi connectivity index (χ3n) is 3.90. The number of ether oxygens (including phenoxy) is 1. The van der Waals surface area contributed by atoms with E-state index in [9.17, 15) is 4.79 Å². The molecule has 0 bridgehead atoms. The molecule has 3 rings (SSSR count). The maximum Gasteiger partial charge on any atom is 0.169 e. The fourth-order valence-corrected chi connectivity index (χ4v) is 2.64. The summed E-state index contributed by atoms with van der Waals surface area (Å²) in [5, 5.41) is 0. The van der Waals surface area contributed by atoms with Gasteiger partial charge in [-0.1, -0.05) is 49.4 Å². The Labute approximate surface area is 119 Å². The zero-order valence-corrected chi connectivity index (χ0v) is 11.6. The van der Waals surface area contributed by atoms with Crippen LogP contribution in [-0.4, -0.2) is 12.4 Å². The quantitative estimate of drug-likeness (QED) is 0.792. The Morgan fingerprint density at radius 1 is 1.15 bits per heavy atom. The maximum absolute atomic E-state index is 12.5. The minimum absolute atomic E-state index is 0.0719. The third kappa shape index (κ3) is 2.46. The lowest BCUT2D eigenvalue weighted by Crippen LogP contribution is -2.28. The number of benzene rings is 2. The fourth-order valence-electron chi connectivity index (χ4n) is 2.64. The molecule has 0 N–H and O–H groups in total. The number of hydrogen-bond donors (Lipinski definition) is 0. The monoisotopic (exact) mass is 266 g/mol. The van der Waals surface area contributed by atoms with E-state index in [1.54, 1.807) is 0 Å². The van der Waals surface area contributed by atoms with Gasteiger partial charge in [-0.05, 0) is 30.0 Å². The summed E-state index contributed by atoms with van der Waals surface area (Å²) in [5.41, 5.74) is 3.17. The molecule has 2 aromatic rings. The van der Waals surface area contributed by atoms with Crippen LogP contribution in [-0.2, 0) is 12.8 Å². The number of fused-ring (bicyclic) bond motifs is 1. The Morgan fingerprint density at radius 2 is 1.90 bits per heavy atom. The number of hydrogen-bond acceptors (Lipinski definition) is 2. The highest BCUT2D eigenvalue weighted by atomic mass is 16.5. The van der Waals surface area contributed by atoms with E-state index < -0.39 is 0 Å². The second-order valence-electron chi connectivity index (χ2n) is 5.23. The van der Waals surface area contributed by atoms with Gasteiger partial charge >= 0.3 is 0 Å². The van der Waals surface area contributed by atoms with Crippen molar-refractivity contribution in [1.82, 2.24) is 0 Å². The SMILES string of the molecule is CCc1ccc(C(=O)C2COc3ccccc3C2)cc1. The van der Waals surface area contributed by atoms with Crippen LogP contribution in [0.25, 0.3) is 0 Å². The number of ketones is 1. The molecule has 2 heteroatoms. The van der Waals surface area contributed by atoms with Gasteiger partial charge in [-0.15, -0.1) is 0 Å². The fraction of sp³-hybridized carbons (Fsp3) is 0.278. The molecule has 0 fully saturated rings. The summed E-state index contributed by atoms with van der Waals surface area (Å²) >= 11 is 0. The predicted octanol–water partition coefficient (Wildman–Crippen LogP) is 3.68. The van der Waals surface area contributed by atoms with Crippen molar-refractivity contribution >= 4 is 5.78 Å². The van der Waals surface area contributed by atoms with Gasteiger partial charge in [0.1, 0.15) is 5.75 Å². The molecular formula is C18H18O2. The van der Waals surface area contributed by atoms with Gasteiger partial charge in [-0.25, -0.2) is 0 Å². The molecule has 102 valence electrons. The minimum Gasteiger partial charge on any atom is -0.493 e. The first-order chi connectivity index (χ1) is 9.78. The molecule has 0 spiro atoms. The number of carbonyl (C=O) groups excluding carboxylic acids is 1. The van der Waals surface area contributed by atoms with E-state index in [1.807, 2.05) is 48.5 Å². The summed E-state index contributed by atoms with van der Waals surface area (Å²) in [6, 6.07) is 15.9. The highest BCUT2D eigenvalue weighted by Crippen LogP contribution is 2.28. The standard InChI is InChI=1S/C18H18O2/c1-2-13-7-9-14(10-8-13)18(19)16-11-15-5-3-4-6-17(15)20-12-16/h3-10,16H,2,11-12H2,1H3. The predicted molar refractivity (Wildman–Crippen MR) is 79.3 cm³/mol. The number of carbonyl (C=O) groups is 1. The van der Waals surface area contributed by atoms with E-state index >= 15 is 0 Å². The second kappa shape index (κ2) is 5.49. The van der Waals surface area contributed by atoms with Crippen LogP contribution in [0.5, 0.6) is 5.75 Å². The van der Waals surface area contributed by atoms with Crippen molar-refractivity contribution in [2.45, 2.75) is 19.8 Å². The topological polar surface area (TPSA) is 26.3 Å². The van der Waals surface area contributed by atoms with Crippen LogP contribution in [0.1, 0.15) is 28.4 Å². The van der Waals surface area contributed by atoms with Gasteiger partial charge in [0, 0.05) is 5.56 Å². The molecule has 2 aromatic carbocycles. The lowest BCUT2D eigenvalue weighted by Gasteiger charge is -2.24. The van der Waals surface area contributed by atoms with Crippen LogP contribution in [0.3, 0.4) is 0 Å². The van der Waals surface area contributed by atoms with Gasteiger partial charge in [-0.2, -0.15) is 0 Å². The van der Waals surface area contributed by atoms with E-state index in [0.29, 0.717) is 6.61 Å². The van der Waals surface area contributed by atoms with Crippen molar-refractivity contribution in [3.63, 3.8) is 0 Å². The van der Waals surface area contributed by atoms with Crippen molar-refractivity contribution in [1.29, 1.82) is 0 Å². The van der Waals surface area contributed by atoms with Gasteiger partial charge in [-0.3, -0.25) is 4.79 Å². The molecule has 2 nitrogen and oxygen atoms in total. The van der Waals surface area contributed by atoms with Gasteiger partial charge in [0.15, 0.2) is 5.78 Å². The van der Waals surface area contributed by atoms with E-state index in [4.69, 9.17) is 4.74 Å². The second-order valence-corrected chi connectivity index (χ2v) is 5.23. The van der Waals surface area contributed by atoms with Crippen LogP contribution in [0, 0.1) is 5.92 Å². The van der Waals surface area contributed by atoms with E-state index in [2.05, 4.69) is 6.92 Å². The van der Waals surface area contributed by atoms with E-state index in [-0.39, 0.29) is 11.7 Å². The number of rotatable bonds is 3. The number of aryl methyl sites for hydroxylation is 1. The molecule has 20 heavy (non-hydrogen) atoms. The first kappa shape index (κ1) is 12.9. The molecular weight excluding hydrogens is 248 g/mol. The average molecular weight is 266 g/mol. The van der Waals surface area contributed by atoms with Gasteiger partial charge < -0.3 is 4.74 Å². The maximum atomic E-state index is 12.5. The summed E-state index contributed by atoms with van der Waals surface area (Å²) < 4.78 is 5.70. The Hall–Kier alpha value is -2.09. The van der Waals surface area contributed by atoms with Crippen LogP contribution in [0.4, 0.5) is 0 Å². The number of Topliss-reactive ketones (excluding diaryl/α,β-unsaturated/α-hetero) is 1. The van der Waals surface area contributed by atoms with Crippen molar-refractivity contribution in [3.05, 3.63) is 65.2 Å². The van der Waals surface area contributed by atoms with Crippen LogP contribution < -0.4 is 4.74 Å². The Kier molecular flexibility index (Phi) is 3.55. The van der Waals surface area contributed by atoms with Crippen LogP contribution >= 0.6 is 0 Å². The Bertz CT molecular complexity index is 614. The Morgan fingerprint density at radius 3 is 2.65 bits per heavy atom. The highest BCUT2D eigenvalue weighted by Gasteiger charge is 2.26.